The lowest BCUT2D eigenvalue weighted by Crippen LogP contribution is -2.23. The van der Waals surface area contributed by atoms with Crippen LogP contribution in [0, 0.1) is 10.1 Å². The van der Waals surface area contributed by atoms with Gasteiger partial charge in [0.1, 0.15) is 10.7 Å². The van der Waals surface area contributed by atoms with Crippen molar-refractivity contribution in [1.29, 1.82) is 0 Å². The molecule has 0 radical (unpaired) electrons. The van der Waals surface area contributed by atoms with Crippen LogP contribution in [0.15, 0.2) is 22.7 Å². The highest BCUT2D eigenvalue weighted by Crippen LogP contribution is 2.17. The Morgan fingerprint density at radius 2 is 2.06 bits per heavy atom. The van der Waals surface area contributed by atoms with Gasteiger partial charge in [-0.2, -0.15) is 0 Å². The molecule has 0 unspecified atom stereocenters. The van der Waals surface area contributed by atoms with Crippen LogP contribution in [0.25, 0.3) is 6.08 Å². The second-order valence-corrected chi connectivity index (χ2v) is 3.85. The van der Waals surface area contributed by atoms with Gasteiger partial charge in [0.15, 0.2) is 0 Å². The van der Waals surface area contributed by atoms with Crippen molar-refractivity contribution in [1.82, 2.24) is 4.90 Å². The van der Waals surface area contributed by atoms with Crippen molar-refractivity contribution in [2.75, 3.05) is 13.1 Å². The van der Waals surface area contributed by atoms with E-state index in [0.29, 0.717) is 5.76 Å². The number of likely N-dealkylation sites (tertiary alicyclic amines) is 1. The first kappa shape index (κ1) is 10.7. The molecule has 0 N–H and O–H groups in total. The normalized spacial score (nSPS) is 16.9. The van der Waals surface area contributed by atoms with Crippen LogP contribution in [0.1, 0.15) is 25.0 Å². The molecule has 16 heavy (non-hydrogen) atoms. The van der Waals surface area contributed by atoms with Crippen LogP contribution in [-0.2, 0) is 0 Å². The molecule has 86 valence electrons. The average Bonchev–Trinajstić information content (AvgIpc) is 2.76. The standard InChI is InChI=1S/C11H14N2O3/c14-13(15)11-5-4-10(16-11)6-9-12-7-2-1-3-8-12/h4-6,9H,1-3,7-8H2/b9-6+. The lowest BCUT2D eigenvalue weighted by Gasteiger charge is -2.24. The molecule has 0 bridgehead atoms. The van der Waals surface area contributed by atoms with Crippen molar-refractivity contribution in [3.63, 3.8) is 0 Å². The first-order chi connectivity index (χ1) is 7.75. The molecule has 5 heteroatoms. The summed E-state index contributed by atoms with van der Waals surface area (Å²) < 4.78 is 5.02. The van der Waals surface area contributed by atoms with Crippen molar-refractivity contribution < 1.29 is 9.34 Å². The Morgan fingerprint density at radius 3 is 2.69 bits per heavy atom. The highest BCUT2D eigenvalue weighted by atomic mass is 16.6. The molecule has 1 saturated heterocycles. The smallest absolute Gasteiger partial charge is 0.401 e. The average molecular weight is 222 g/mol. The zero-order chi connectivity index (χ0) is 11.4. The minimum atomic E-state index is -0.530. The van der Waals surface area contributed by atoms with Crippen molar-refractivity contribution >= 4 is 12.0 Å². The van der Waals surface area contributed by atoms with Crippen molar-refractivity contribution in [2.24, 2.45) is 0 Å². The SMILES string of the molecule is O=[N+]([O-])c1ccc(/C=C/N2CCCCC2)o1. The molecule has 0 aromatic carbocycles. The van der Waals surface area contributed by atoms with Gasteiger partial charge in [0.25, 0.3) is 0 Å². The van der Waals surface area contributed by atoms with Crippen molar-refractivity contribution in [3.05, 3.63) is 34.2 Å². The van der Waals surface area contributed by atoms with E-state index in [1.165, 1.54) is 25.3 Å². The molecule has 0 atom stereocenters. The van der Waals surface area contributed by atoms with Gasteiger partial charge in [-0.3, -0.25) is 10.1 Å². The first-order valence-electron chi connectivity index (χ1n) is 5.42. The Hall–Kier alpha value is -1.78. The maximum atomic E-state index is 10.4. The fourth-order valence-electron chi connectivity index (χ4n) is 1.78. The van der Waals surface area contributed by atoms with Gasteiger partial charge < -0.3 is 9.32 Å². The molecule has 1 aliphatic rings. The van der Waals surface area contributed by atoms with E-state index < -0.39 is 4.92 Å². The fourth-order valence-corrected chi connectivity index (χ4v) is 1.78. The van der Waals surface area contributed by atoms with Crippen LogP contribution in [-0.4, -0.2) is 22.9 Å². The number of hydrogen-bond acceptors (Lipinski definition) is 4. The first-order valence-corrected chi connectivity index (χ1v) is 5.42. The van der Waals surface area contributed by atoms with Crippen LogP contribution in [0.4, 0.5) is 5.88 Å². The number of nitro groups is 1. The fraction of sp³-hybridized carbons (Fsp3) is 0.455. The summed E-state index contributed by atoms with van der Waals surface area (Å²) in [6.45, 7) is 2.11. The molecular weight excluding hydrogens is 208 g/mol. The Balaban J connectivity index is 1.96. The van der Waals surface area contributed by atoms with E-state index in [4.69, 9.17) is 4.42 Å². The molecule has 1 aromatic rings. The van der Waals surface area contributed by atoms with E-state index in [2.05, 4.69) is 4.90 Å². The summed E-state index contributed by atoms with van der Waals surface area (Å²) in [7, 11) is 0. The predicted molar refractivity (Wildman–Crippen MR) is 59.8 cm³/mol. The highest BCUT2D eigenvalue weighted by molar-refractivity contribution is 5.44. The van der Waals surface area contributed by atoms with E-state index >= 15 is 0 Å². The van der Waals surface area contributed by atoms with Crippen LogP contribution in [0.2, 0.25) is 0 Å². The molecule has 1 aliphatic heterocycles. The third-order valence-corrected chi connectivity index (χ3v) is 2.63. The third-order valence-electron chi connectivity index (χ3n) is 2.63. The Bertz CT molecular complexity index is 392. The Morgan fingerprint density at radius 1 is 1.31 bits per heavy atom. The van der Waals surface area contributed by atoms with Crippen molar-refractivity contribution in [3.8, 4) is 0 Å². The zero-order valence-corrected chi connectivity index (χ0v) is 8.96. The number of piperidine rings is 1. The summed E-state index contributed by atoms with van der Waals surface area (Å²) in [6, 6.07) is 2.98. The molecule has 1 aromatic heterocycles. The highest BCUT2D eigenvalue weighted by Gasteiger charge is 2.10. The van der Waals surface area contributed by atoms with Gasteiger partial charge in [0, 0.05) is 19.3 Å². The van der Waals surface area contributed by atoms with E-state index in [9.17, 15) is 10.1 Å². The molecule has 0 saturated carbocycles. The Kier molecular flexibility index (Phi) is 3.24. The summed E-state index contributed by atoms with van der Waals surface area (Å²) in [5.74, 6) is 0.315. The van der Waals surface area contributed by atoms with Gasteiger partial charge in [-0.15, -0.1) is 0 Å². The molecule has 0 amide bonds. The molecule has 5 nitrogen and oxygen atoms in total. The molecule has 0 spiro atoms. The molecular formula is C11H14N2O3. The number of furan rings is 1. The van der Waals surface area contributed by atoms with Crippen LogP contribution in [0.3, 0.4) is 0 Å². The maximum Gasteiger partial charge on any atom is 0.433 e. The molecule has 0 aliphatic carbocycles. The van der Waals surface area contributed by atoms with Crippen LogP contribution < -0.4 is 0 Å². The van der Waals surface area contributed by atoms with Gasteiger partial charge in [-0.25, -0.2) is 0 Å². The monoisotopic (exact) mass is 222 g/mol. The van der Waals surface area contributed by atoms with E-state index in [0.717, 1.165) is 13.1 Å². The maximum absolute atomic E-state index is 10.4. The van der Waals surface area contributed by atoms with E-state index in [-0.39, 0.29) is 5.88 Å². The predicted octanol–water partition coefficient (Wildman–Crippen LogP) is 2.64. The van der Waals surface area contributed by atoms with Crippen molar-refractivity contribution in [2.45, 2.75) is 19.3 Å². The van der Waals surface area contributed by atoms with Gasteiger partial charge in [-0.1, -0.05) is 0 Å². The quantitative estimate of drug-likeness (QED) is 0.582. The summed E-state index contributed by atoms with van der Waals surface area (Å²) in [5.41, 5.74) is 0. The van der Waals surface area contributed by atoms with Crippen LogP contribution >= 0.6 is 0 Å². The summed E-state index contributed by atoms with van der Waals surface area (Å²) in [5, 5.41) is 10.4. The lowest BCUT2D eigenvalue weighted by atomic mass is 10.1. The van der Waals surface area contributed by atoms with Crippen LogP contribution in [0.5, 0.6) is 0 Å². The largest absolute Gasteiger partial charge is 0.433 e. The summed E-state index contributed by atoms with van der Waals surface area (Å²) in [4.78, 5) is 12.1. The number of hydrogen-bond donors (Lipinski definition) is 0. The molecule has 2 rings (SSSR count). The summed E-state index contributed by atoms with van der Waals surface area (Å²) >= 11 is 0. The zero-order valence-electron chi connectivity index (χ0n) is 8.96. The number of nitrogens with zero attached hydrogens (tertiary/aromatic N) is 2. The van der Waals surface area contributed by atoms with Gasteiger partial charge >= 0.3 is 5.88 Å². The molecule has 1 fully saturated rings. The van der Waals surface area contributed by atoms with E-state index in [1.807, 2.05) is 6.20 Å². The third kappa shape index (κ3) is 2.62. The number of rotatable bonds is 3. The van der Waals surface area contributed by atoms with Gasteiger partial charge in [0.05, 0.1) is 6.07 Å². The minimum absolute atomic E-state index is 0.210. The second kappa shape index (κ2) is 4.83. The summed E-state index contributed by atoms with van der Waals surface area (Å²) in [6.07, 6.45) is 7.43. The topological polar surface area (TPSA) is 59.5 Å². The Labute approximate surface area is 93.5 Å². The minimum Gasteiger partial charge on any atom is -0.401 e. The van der Waals surface area contributed by atoms with E-state index in [1.54, 1.807) is 12.1 Å². The van der Waals surface area contributed by atoms with Gasteiger partial charge in [-0.05, 0) is 31.4 Å². The lowest BCUT2D eigenvalue weighted by molar-refractivity contribution is -0.402. The van der Waals surface area contributed by atoms with Gasteiger partial charge in [0.2, 0.25) is 0 Å². The second-order valence-electron chi connectivity index (χ2n) is 3.85. The molecule has 2 heterocycles.